The molecule has 0 aromatic heterocycles. The van der Waals surface area contributed by atoms with Crippen molar-refractivity contribution in [2.75, 3.05) is 38.3 Å². The highest BCUT2D eigenvalue weighted by atomic mass is 32.2. The van der Waals surface area contributed by atoms with E-state index in [-0.39, 0.29) is 11.9 Å². The first-order valence-electron chi connectivity index (χ1n) is 4.92. The highest BCUT2D eigenvalue weighted by Crippen LogP contribution is 1.95. The van der Waals surface area contributed by atoms with Gasteiger partial charge >= 0.3 is 0 Å². The Bertz CT molecular complexity index is 172. The molecule has 14 heavy (non-hydrogen) atoms. The lowest BCUT2D eigenvalue weighted by molar-refractivity contribution is -0.125. The number of ether oxygens (including phenoxy) is 1. The average Bonchev–Trinajstić information content (AvgIpc) is 2.25. The summed E-state index contributed by atoms with van der Waals surface area (Å²) < 4.78 is 5.20. The molecule has 4 nitrogen and oxygen atoms in total. The summed E-state index contributed by atoms with van der Waals surface area (Å²) in [6, 6.07) is -0.155. The Morgan fingerprint density at radius 2 is 2.57 bits per heavy atom. The zero-order valence-electron chi connectivity index (χ0n) is 8.54. The fourth-order valence-electron chi connectivity index (χ4n) is 1.29. The van der Waals surface area contributed by atoms with Crippen molar-refractivity contribution in [1.29, 1.82) is 0 Å². The van der Waals surface area contributed by atoms with E-state index < -0.39 is 0 Å². The van der Waals surface area contributed by atoms with Gasteiger partial charge in [0.25, 0.3) is 0 Å². The number of hydrogen-bond acceptors (Lipinski definition) is 4. The van der Waals surface area contributed by atoms with Crippen LogP contribution in [-0.2, 0) is 9.53 Å². The number of carbonyl (C=O) groups excluding carboxylic acids is 1. The van der Waals surface area contributed by atoms with Crippen molar-refractivity contribution in [1.82, 2.24) is 10.6 Å². The fraction of sp³-hybridized carbons (Fsp3) is 0.889. The van der Waals surface area contributed by atoms with Gasteiger partial charge in [-0.2, -0.15) is 11.8 Å². The average molecular weight is 218 g/mol. The van der Waals surface area contributed by atoms with Gasteiger partial charge in [-0.25, -0.2) is 0 Å². The van der Waals surface area contributed by atoms with E-state index in [9.17, 15) is 4.79 Å². The quantitative estimate of drug-likeness (QED) is 0.630. The summed E-state index contributed by atoms with van der Waals surface area (Å²) in [5.74, 6) is 1.15. The van der Waals surface area contributed by atoms with E-state index in [2.05, 4.69) is 16.9 Å². The number of rotatable bonds is 5. The highest BCUT2D eigenvalue weighted by molar-refractivity contribution is 7.98. The first-order valence-corrected chi connectivity index (χ1v) is 6.31. The van der Waals surface area contributed by atoms with Crippen molar-refractivity contribution >= 4 is 17.7 Å². The van der Waals surface area contributed by atoms with E-state index in [0.717, 1.165) is 25.3 Å². The Hall–Kier alpha value is -0.260. The third-order valence-corrected chi connectivity index (χ3v) is 2.76. The topological polar surface area (TPSA) is 50.4 Å². The lowest BCUT2D eigenvalue weighted by atomic mass is 10.2. The SMILES string of the molecule is CSCCCNC(=O)C1COCCN1. The largest absolute Gasteiger partial charge is 0.378 e. The molecule has 1 atom stereocenters. The number of morpholine rings is 1. The molecule has 5 heteroatoms. The Balaban J connectivity index is 2.07. The predicted octanol–water partition coefficient (Wildman–Crippen LogP) is -0.156. The van der Waals surface area contributed by atoms with Gasteiger partial charge in [-0.3, -0.25) is 4.79 Å². The van der Waals surface area contributed by atoms with Crippen LogP contribution in [0.3, 0.4) is 0 Å². The number of carbonyl (C=O) groups is 1. The van der Waals surface area contributed by atoms with Gasteiger partial charge in [0.2, 0.25) is 5.91 Å². The van der Waals surface area contributed by atoms with Crippen LogP contribution in [0.1, 0.15) is 6.42 Å². The molecule has 1 unspecified atom stereocenters. The third kappa shape index (κ3) is 4.30. The molecule has 1 saturated heterocycles. The molecular formula is C9H18N2O2S. The standard InChI is InChI=1S/C9H18N2O2S/c1-14-6-2-3-11-9(12)8-7-13-5-4-10-8/h8,10H,2-7H2,1H3,(H,11,12). The maximum absolute atomic E-state index is 11.5. The second-order valence-electron chi connectivity index (χ2n) is 3.22. The number of hydrogen-bond donors (Lipinski definition) is 2. The van der Waals surface area contributed by atoms with Crippen LogP contribution >= 0.6 is 11.8 Å². The van der Waals surface area contributed by atoms with E-state index in [1.165, 1.54) is 0 Å². The van der Waals surface area contributed by atoms with Crippen molar-refractivity contribution < 1.29 is 9.53 Å². The molecule has 0 bridgehead atoms. The molecule has 0 spiro atoms. The van der Waals surface area contributed by atoms with Crippen LogP contribution in [0.5, 0.6) is 0 Å². The highest BCUT2D eigenvalue weighted by Gasteiger charge is 2.20. The molecule has 2 N–H and O–H groups in total. The molecular weight excluding hydrogens is 200 g/mol. The first-order chi connectivity index (χ1) is 6.84. The summed E-state index contributed by atoms with van der Waals surface area (Å²) in [5, 5.41) is 6.01. The van der Waals surface area contributed by atoms with Crippen molar-refractivity contribution in [2.24, 2.45) is 0 Å². The van der Waals surface area contributed by atoms with E-state index in [1.54, 1.807) is 11.8 Å². The van der Waals surface area contributed by atoms with Crippen molar-refractivity contribution in [3.05, 3.63) is 0 Å². The van der Waals surface area contributed by atoms with Crippen molar-refractivity contribution in [2.45, 2.75) is 12.5 Å². The second-order valence-corrected chi connectivity index (χ2v) is 4.20. The minimum atomic E-state index is -0.155. The zero-order chi connectivity index (χ0) is 10.2. The van der Waals surface area contributed by atoms with Crippen LogP contribution in [0, 0.1) is 0 Å². The Morgan fingerprint density at radius 1 is 1.71 bits per heavy atom. The molecule has 0 saturated carbocycles. The van der Waals surface area contributed by atoms with Crippen LogP contribution in [0.15, 0.2) is 0 Å². The lowest BCUT2D eigenvalue weighted by Crippen LogP contribution is -2.51. The Labute approximate surface area is 89.2 Å². The van der Waals surface area contributed by atoms with Gasteiger partial charge in [-0.15, -0.1) is 0 Å². The van der Waals surface area contributed by atoms with E-state index >= 15 is 0 Å². The van der Waals surface area contributed by atoms with E-state index in [1.807, 2.05) is 0 Å². The van der Waals surface area contributed by atoms with Crippen LogP contribution in [0.4, 0.5) is 0 Å². The smallest absolute Gasteiger partial charge is 0.239 e. The first kappa shape index (κ1) is 11.8. The summed E-state index contributed by atoms with van der Waals surface area (Å²) in [4.78, 5) is 11.5. The van der Waals surface area contributed by atoms with E-state index in [0.29, 0.717) is 13.2 Å². The summed E-state index contributed by atoms with van der Waals surface area (Å²) >= 11 is 1.80. The normalized spacial score (nSPS) is 21.9. The molecule has 1 fully saturated rings. The van der Waals surface area contributed by atoms with Crippen LogP contribution < -0.4 is 10.6 Å². The predicted molar refractivity (Wildman–Crippen MR) is 58.6 cm³/mol. The molecule has 1 rings (SSSR count). The second kappa shape index (κ2) is 7.09. The van der Waals surface area contributed by atoms with E-state index in [4.69, 9.17) is 4.74 Å². The van der Waals surface area contributed by atoms with Gasteiger partial charge in [0.15, 0.2) is 0 Å². The summed E-state index contributed by atoms with van der Waals surface area (Å²) in [6.07, 6.45) is 3.10. The molecule has 0 aromatic carbocycles. The molecule has 1 amide bonds. The molecule has 0 aromatic rings. The van der Waals surface area contributed by atoms with Gasteiger partial charge in [-0.1, -0.05) is 0 Å². The Kier molecular flexibility index (Phi) is 5.98. The maximum atomic E-state index is 11.5. The number of thioether (sulfide) groups is 1. The zero-order valence-corrected chi connectivity index (χ0v) is 9.36. The summed E-state index contributed by atoms with van der Waals surface area (Å²) in [6.45, 7) is 2.73. The minimum absolute atomic E-state index is 0.0609. The summed E-state index contributed by atoms with van der Waals surface area (Å²) in [7, 11) is 0. The lowest BCUT2D eigenvalue weighted by Gasteiger charge is -2.22. The number of amides is 1. The van der Waals surface area contributed by atoms with Gasteiger partial charge in [-0.05, 0) is 18.4 Å². The van der Waals surface area contributed by atoms with Crippen molar-refractivity contribution in [3.8, 4) is 0 Å². The van der Waals surface area contributed by atoms with Gasteiger partial charge in [0.1, 0.15) is 6.04 Å². The van der Waals surface area contributed by atoms with Gasteiger partial charge < -0.3 is 15.4 Å². The monoisotopic (exact) mass is 218 g/mol. The van der Waals surface area contributed by atoms with Gasteiger partial charge in [0, 0.05) is 13.1 Å². The minimum Gasteiger partial charge on any atom is -0.378 e. The van der Waals surface area contributed by atoms with Crippen LogP contribution in [0.2, 0.25) is 0 Å². The fourth-order valence-corrected chi connectivity index (χ4v) is 1.72. The van der Waals surface area contributed by atoms with Crippen molar-refractivity contribution in [3.63, 3.8) is 0 Å². The molecule has 1 aliphatic rings. The molecule has 82 valence electrons. The maximum Gasteiger partial charge on any atom is 0.239 e. The molecule has 0 aliphatic carbocycles. The Morgan fingerprint density at radius 3 is 3.21 bits per heavy atom. The van der Waals surface area contributed by atoms with Crippen LogP contribution in [0.25, 0.3) is 0 Å². The van der Waals surface area contributed by atoms with Crippen LogP contribution in [-0.4, -0.2) is 50.3 Å². The summed E-state index contributed by atoms with van der Waals surface area (Å²) in [5.41, 5.74) is 0. The molecule has 0 radical (unpaired) electrons. The number of nitrogens with one attached hydrogen (secondary N) is 2. The third-order valence-electron chi connectivity index (χ3n) is 2.06. The molecule has 1 aliphatic heterocycles. The van der Waals surface area contributed by atoms with Gasteiger partial charge in [0.05, 0.1) is 13.2 Å². The molecule has 1 heterocycles.